The van der Waals surface area contributed by atoms with Gasteiger partial charge in [0.05, 0.1) is 17.4 Å². The van der Waals surface area contributed by atoms with E-state index in [2.05, 4.69) is 15.1 Å². The van der Waals surface area contributed by atoms with Crippen LogP contribution in [0.5, 0.6) is 0 Å². The molecule has 2 rings (SSSR count). The number of carboxylic acids is 1. The average Bonchev–Trinajstić information content (AvgIpc) is 3.13. The molecule has 1 amide bonds. The van der Waals surface area contributed by atoms with Gasteiger partial charge < -0.3 is 10.4 Å². The zero-order valence-corrected chi connectivity index (χ0v) is 14.2. The van der Waals surface area contributed by atoms with Crippen LogP contribution in [-0.4, -0.2) is 46.8 Å². The molecule has 0 aromatic carbocycles. The Morgan fingerprint density at radius 3 is 2.30 bits per heavy atom. The van der Waals surface area contributed by atoms with Gasteiger partial charge in [0.2, 0.25) is 15.9 Å². The van der Waals surface area contributed by atoms with E-state index in [0.717, 1.165) is 0 Å². The molecule has 1 unspecified atom stereocenters. The zero-order valence-electron chi connectivity index (χ0n) is 13.4. The van der Waals surface area contributed by atoms with Crippen molar-refractivity contribution >= 4 is 21.9 Å². The van der Waals surface area contributed by atoms with Crippen molar-refractivity contribution in [2.45, 2.75) is 50.1 Å². The first-order chi connectivity index (χ1) is 10.5. The zero-order chi connectivity index (χ0) is 17.6. The molecule has 10 heteroatoms. The molecule has 1 aliphatic rings. The number of nitrogens with one attached hydrogen (secondary N) is 2. The standard InChI is InChI=1S/C13H20N4O5S/c1-7-10(9(3)17(4)15-7)23(21,22)16-8(2)11(18)14-13(5-6-13)12(19)20/h8,16H,5-6H2,1-4H3,(H,14,18)(H,19,20). The Bertz CT molecular complexity index is 764. The second-order valence-corrected chi connectivity index (χ2v) is 7.49. The molecule has 1 aromatic heterocycles. The summed E-state index contributed by atoms with van der Waals surface area (Å²) < 4.78 is 28.6. The first kappa shape index (κ1) is 17.4. The number of carbonyl (C=O) groups is 2. The Morgan fingerprint density at radius 1 is 1.35 bits per heavy atom. The lowest BCUT2D eigenvalue weighted by Gasteiger charge is -2.18. The predicted molar refractivity (Wildman–Crippen MR) is 80.2 cm³/mol. The van der Waals surface area contributed by atoms with Gasteiger partial charge >= 0.3 is 5.97 Å². The highest BCUT2D eigenvalue weighted by Gasteiger charge is 2.52. The van der Waals surface area contributed by atoms with Crippen molar-refractivity contribution in [2.75, 3.05) is 0 Å². The molecule has 23 heavy (non-hydrogen) atoms. The lowest BCUT2D eigenvalue weighted by atomic mass is 10.2. The third-order valence-electron chi connectivity index (χ3n) is 3.96. The van der Waals surface area contributed by atoms with Crippen LogP contribution in [0.25, 0.3) is 0 Å². The molecule has 1 saturated carbocycles. The summed E-state index contributed by atoms with van der Waals surface area (Å²) in [5.41, 5.74) is -0.474. The fraction of sp³-hybridized carbons (Fsp3) is 0.615. The highest BCUT2D eigenvalue weighted by Crippen LogP contribution is 2.35. The van der Waals surface area contributed by atoms with Crippen LogP contribution in [0.3, 0.4) is 0 Å². The van der Waals surface area contributed by atoms with Crippen molar-refractivity contribution < 1.29 is 23.1 Å². The van der Waals surface area contributed by atoms with Crippen molar-refractivity contribution in [3.05, 3.63) is 11.4 Å². The second-order valence-electron chi connectivity index (χ2n) is 5.84. The lowest BCUT2D eigenvalue weighted by molar-refractivity contribution is -0.143. The summed E-state index contributed by atoms with van der Waals surface area (Å²) in [7, 11) is -2.32. The first-order valence-corrected chi connectivity index (χ1v) is 8.56. The molecule has 128 valence electrons. The minimum atomic E-state index is -3.94. The molecule has 3 N–H and O–H groups in total. The molecule has 0 aliphatic heterocycles. The summed E-state index contributed by atoms with van der Waals surface area (Å²) >= 11 is 0. The van der Waals surface area contributed by atoms with Gasteiger partial charge in [0.25, 0.3) is 0 Å². The molecule has 1 aromatic rings. The molecule has 1 heterocycles. The molecule has 1 fully saturated rings. The van der Waals surface area contributed by atoms with E-state index in [9.17, 15) is 18.0 Å². The van der Waals surface area contributed by atoms with E-state index in [0.29, 0.717) is 24.2 Å². The maximum absolute atomic E-state index is 12.5. The Balaban J connectivity index is 2.14. The van der Waals surface area contributed by atoms with Crippen molar-refractivity contribution in [2.24, 2.45) is 7.05 Å². The van der Waals surface area contributed by atoms with E-state index >= 15 is 0 Å². The minimum Gasteiger partial charge on any atom is -0.480 e. The van der Waals surface area contributed by atoms with Crippen LogP contribution in [-0.2, 0) is 26.7 Å². The van der Waals surface area contributed by atoms with Gasteiger partial charge in [-0.15, -0.1) is 0 Å². The molecular formula is C13H20N4O5S. The molecule has 0 spiro atoms. The quantitative estimate of drug-likeness (QED) is 0.634. The van der Waals surface area contributed by atoms with Gasteiger partial charge in [0.15, 0.2) is 0 Å². The highest BCUT2D eigenvalue weighted by atomic mass is 32.2. The van der Waals surface area contributed by atoms with Crippen LogP contribution in [0.1, 0.15) is 31.2 Å². The molecule has 0 radical (unpaired) electrons. The van der Waals surface area contributed by atoms with E-state index in [-0.39, 0.29) is 4.90 Å². The summed E-state index contributed by atoms with van der Waals surface area (Å²) in [4.78, 5) is 23.2. The second kappa shape index (κ2) is 5.60. The Kier molecular flexibility index (Phi) is 4.24. The van der Waals surface area contributed by atoms with E-state index in [4.69, 9.17) is 5.11 Å². The van der Waals surface area contributed by atoms with E-state index in [1.165, 1.54) is 11.6 Å². The molecular weight excluding hydrogens is 324 g/mol. The topological polar surface area (TPSA) is 130 Å². The van der Waals surface area contributed by atoms with Gasteiger partial charge in [-0.1, -0.05) is 0 Å². The number of aromatic nitrogens is 2. The Labute approximate surface area is 134 Å². The largest absolute Gasteiger partial charge is 0.480 e. The number of hydrogen-bond donors (Lipinski definition) is 3. The van der Waals surface area contributed by atoms with Gasteiger partial charge in [-0.25, -0.2) is 13.2 Å². The van der Waals surface area contributed by atoms with Crippen molar-refractivity contribution in [1.29, 1.82) is 0 Å². The Morgan fingerprint density at radius 2 is 1.91 bits per heavy atom. The SMILES string of the molecule is Cc1nn(C)c(C)c1S(=O)(=O)NC(C)C(=O)NC1(C(=O)O)CC1. The van der Waals surface area contributed by atoms with Crippen LogP contribution in [0.15, 0.2) is 4.90 Å². The molecule has 0 saturated heterocycles. The van der Waals surface area contributed by atoms with E-state index in [1.807, 2.05) is 0 Å². The number of sulfonamides is 1. The van der Waals surface area contributed by atoms with Gasteiger partial charge in [0, 0.05) is 7.05 Å². The van der Waals surface area contributed by atoms with Crippen LogP contribution in [0.2, 0.25) is 0 Å². The van der Waals surface area contributed by atoms with Crippen LogP contribution in [0, 0.1) is 13.8 Å². The van der Waals surface area contributed by atoms with Crippen molar-refractivity contribution in [3.63, 3.8) is 0 Å². The maximum atomic E-state index is 12.5. The predicted octanol–water partition coefficient (Wildman–Crippen LogP) is -0.563. The lowest BCUT2D eigenvalue weighted by Crippen LogP contribution is -2.51. The first-order valence-electron chi connectivity index (χ1n) is 7.08. The third kappa shape index (κ3) is 3.22. The average molecular weight is 344 g/mol. The van der Waals surface area contributed by atoms with Gasteiger partial charge in [-0.05, 0) is 33.6 Å². The molecule has 9 nitrogen and oxygen atoms in total. The number of carboxylic acid groups (broad SMARTS) is 1. The molecule has 1 aliphatic carbocycles. The van der Waals surface area contributed by atoms with Crippen LogP contribution < -0.4 is 10.0 Å². The fourth-order valence-corrected chi connectivity index (χ4v) is 3.99. The highest BCUT2D eigenvalue weighted by molar-refractivity contribution is 7.89. The smallest absolute Gasteiger partial charge is 0.329 e. The van der Waals surface area contributed by atoms with Gasteiger partial charge in [-0.2, -0.15) is 9.82 Å². The summed E-state index contributed by atoms with van der Waals surface area (Å²) in [6.45, 7) is 4.55. The number of amides is 1. The van der Waals surface area contributed by atoms with Gasteiger partial charge in [0.1, 0.15) is 10.4 Å². The van der Waals surface area contributed by atoms with Crippen molar-refractivity contribution in [1.82, 2.24) is 19.8 Å². The summed E-state index contributed by atoms with van der Waals surface area (Å²) in [6.07, 6.45) is 0.683. The summed E-state index contributed by atoms with van der Waals surface area (Å²) in [5.74, 6) is -1.78. The maximum Gasteiger partial charge on any atom is 0.329 e. The van der Waals surface area contributed by atoms with E-state index < -0.39 is 33.5 Å². The molecule has 0 bridgehead atoms. The normalized spacial score (nSPS) is 17.6. The number of carbonyl (C=O) groups excluding carboxylic acids is 1. The monoisotopic (exact) mass is 344 g/mol. The van der Waals surface area contributed by atoms with Crippen molar-refractivity contribution in [3.8, 4) is 0 Å². The van der Waals surface area contributed by atoms with E-state index in [1.54, 1.807) is 20.9 Å². The number of rotatable bonds is 6. The van der Waals surface area contributed by atoms with Crippen LogP contribution >= 0.6 is 0 Å². The summed E-state index contributed by atoms with van der Waals surface area (Å²) in [6, 6.07) is -1.10. The van der Waals surface area contributed by atoms with Gasteiger partial charge in [-0.3, -0.25) is 9.48 Å². The number of hydrogen-bond acceptors (Lipinski definition) is 5. The summed E-state index contributed by atoms with van der Waals surface area (Å²) in [5, 5.41) is 15.5. The number of nitrogens with zero attached hydrogens (tertiary/aromatic N) is 2. The minimum absolute atomic E-state index is 0.0269. The third-order valence-corrected chi connectivity index (χ3v) is 5.75. The number of aryl methyl sites for hydroxylation is 2. The Hall–Kier alpha value is -1.94. The fourth-order valence-electron chi connectivity index (χ4n) is 2.35. The van der Waals surface area contributed by atoms with Crippen LogP contribution in [0.4, 0.5) is 0 Å². The molecule has 1 atom stereocenters. The number of aliphatic carboxylic acids is 1.